The number of hydrogen-bond acceptors (Lipinski definition) is 5. The maximum Gasteiger partial charge on any atom is 0.258 e. The van der Waals surface area contributed by atoms with Crippen molar-refractivity contribution in [2.24, 2.45) is 5.92 Å². The van der Waals surface area contributed by atoms with Crippen LogP contribution in [0.1, 0.15) is 38.1 Å². The van der Waals surface area contributed by atoms with E-state index in [9.17, 15) is 4.79 Å². The number of nitrogens with one attached hydrogen (secondary N) is 2. The molecule has 0 aliphatic carbocycles. The van der Waals surface area contributed by atoms with Crippen molar-refractivity contribution in [3.05, 3.63) is 42.2 Å². The second-order valence-electron chi connectivity index (χ2n) is 6.24. The van der Waals surface area contributed by atoms with Gasteiger partial charge in [-0.2, -0.15) is 0 Å². The highest BCUT2D eigenvalue weighted by molar-refractivity contribution is 6.03. The Morgan fingerprint density at radius 1 is 1.08 bits per heavy atom. The van der Waals surface area contributed by atoms with Crippen molar-refractivity contribution in [1.82, 2.24) is 9.97 Å². The third-order valence-corrected chi connectivity index (χ3v) is 3.84. The average Bonchev–Trinajstić information content (AvgIpc) is 2.62. The van der Waals surface area contributed by atoms with Gasteiger partial charge in [-0.15, -0.1) is 0 Å². The van der Waals surface area contributed by atoms with E-state index in [-0.39, 0.29) is 5.91 Å². The summed E-state index contributed by atoms with van der Waals surface area (Å²) in [7, 11) is 0. The summed E-state index contributed by atoms with van der Waals surface area (Å²) in [5.41, 5.74) is 2.33. The lowest BCUT2D eigenvalue weighted by molar-refractivity contribution is 0.102. The molecule has 6 nitrogen and oxygen atoms in total. The van der Waals surface area contributed by atoms with Crippen molar-refractivity contribution < 1.29 is 4.79 Å². The molecule has 1 aromatic heterocycles. The lowest BCUT2D eigenvalue weighted by atomic mass is 10.2. The number of carbonyl (C=O) groups is 1. The fourth-order valence-corrected chi connectivity index (χ4v) is 2.38. The summed E-state index contributed by atoms with van der Waals surface area (Å²) >= 11 is 0. The van der Waals surface area contributed by atoms with Gasteiger partial charge in [0.1, 0.15) is 0 Å². The van der Waals surface area contributed by atoms with Gasteiger partial charge in [0.2, 0.25) is 5.95 Å². The van der Waals surface area contributed by atoms with Crippen LogP contribution in [-0.2, 0) is 0 Å². The zero-order valence-corrected chi connectivity index (χ0v) is 15.4. The molecule has 1 amide bonds. The van der Waals surface area contributed by atoms with Crippen LogP contribution in [-0.4, -0.2) is 35.5 Å². The van der Waals surface area contributed by atoms with E-state index in [0.717, 1.165) is 31.0 Å². The number of carbonyl (C=O) groups excluding carboxylic acids is 1. The van der Waals surface area contributed by atoms with Crippen LogP contribution in [0, 0.1) is 5.92 Å². The van der Waals surface area contributed by atoms with Gasteiger partial charge in [-0.3, -0.25) is 4.79 Å². The van der Waals surface area contributed by atoms with Crippen LogP contribution >= 0.6 is 0 Å². The molecular formula is C19H27N5O. The Morgan fingerprint density at radius 2 is 1.68 bits per heavy atom. The molecule has 0 aliphatic rings. The summed E-state index contributed by atoms with van der Waals surface area (Å²) < 4.78 is 0. The molecule has 0 bridgehead atoms. The van der Waals surface area contributed by atoms with E-state index >= 15 is 0 Å². The molecule has 0 atom stereocenters. The normalized spacial score (nSPS) is 10.6. The average molecular weight is 341 g/mol. The van der Waals surface area contributed by atoms with Crippen LogP contribution in [0.15, 0.2) is 36.7 Å². The molecule has 0 unspecified atom stereocenters. The number of rotatable bonds is 8. The van der Waals surface area contributed by atoms with Crippen molar-refractivity contribution in [3.8, 4) is 0 Å². The van der Waals surface area contributed by atoms with E-state index in [4.69, 9.17) is 0 Å². The number of anilines is 3. The topological polar surface area (TPSA) is 70.2 Å². The van der Waals surface area contributed by atoms with Gasteiger partial charge in [-0.25, -0.2) is 9.97 Å². The number of aromatic nitrogens is 2. The summed E-state index contributed by atoms with van der Waals surface area (Å²) in [6, 6.07) is 7.84. The lowest BCUT2D eigenvalue weighted by Crippen LogP contribution is -2.21. The molecule has 0 aliphatic heterocycles. The summed E-state index contributed by atoms with van der Waals surface area (Å²) in [4.78, 5) is 22.9. The van der Waals surface area contributed by atoms with Crippen LogP contribution in [0.3, 0.4) is 0 Å². The lowest BCUT2D eigenvalue weighted by Gasteiger charge is -2.21. The minimum Gasteiger partial charge on any atom is -0.372 e. The van der Waals surface area contributed by atoms with Crippen LogP contribution in [0.25, 0.3) is 0 Å². The Morgan fingerprint density at radius 3 is 2.20 bits per heavy atom. The van der Waals surface area contributed by atoms with Gasteiger partial charge >= 0.3 is 0 Å². The van der Waals surface area contributed by atoms with E-state index in [1.807, 2.05) is 24.3 Å². The molecule has 25 heavy (non-hydrogen) atoms. The molecule has 0 saturated carbocycles. The van der Waals surface area contributed by atoms with Crippen molar-refractivity contribution in [2.75, 3.05) is 35.2 Å². The van der Waals surface area contributed by atoms with Crippen LogP contribution in [0.2, 0.25) is 0 Å². The number of hydrogen-bond donors (Lipinski definition) is 2. The van der Waals surface area contributed by atoms with E-state index in [1.165, 1.54) is 12.4 Å². The van der Waals surface area contributed by atoms with Crippen molar-refractivity contribution in [2.45, 2.75) is 27.7 Å². The Labute approximate surface area is 149 Å². The molecular weight excluding hydrogens is 314 g/mol. The fourth-order valence-electron chi connectivity index (χ4n) is 2.38. The molecule has 2 rings (SSSR count). The quantitative estimate of drug-likeness (QED) is 0.767. The minimum atomic E-state index is -0.217. The Hall–Kier alpha value is -2.63. The fraction of sp³-hybridized carbons (Fsp3) is 0.421. The zero-order chi connectivity index (χ0) is 18.2. The predicted octanol–water partition coefficient (Wildman–Crippen LogP) is 3.64. The molecule has 134 valence electrons. The largest absolute Gasteiger partial charge is 0.372 e. The van der Waals surface area contributed by atoms with Crippen molar-refractivity contribution >= 4 is 23.2 Å². The smallest absolute Gasteiger partial charge is 0.258 e. The molecule has 2 aromatic rings. The molecule has 6 heteroatoms. The van der Waals surface area contributed by atoms with Crippen LogP contribution in [0.4, 0.5) is 17.3 Å². The monoisotopic (exact) mass is 341 g/mol. The predicted molar refractivity (Wildman–Crippen MR) is 103 cm³/mol. The second kappa shape index (κ2) is 9.01. The van der Waals surface area contributed by atoms with E-state index in [1.54, 1.807) is 0 Å². The van der Waals surface area contributed by atoms with Gasteiger partial charge in [-0.1, -0.05) is 13.8 Å². The van der Waals surface area contributed by atoms with Gasteiger partial charge < -0.3 is 15.5 Å². The first kappa shape index (κ1) is 18.7. The van der Waals surface area contributed by atoms with Gasteiger partial charge in [0.15, 0.2) is 0 Å². The van der Waals surface area contributed by atoms with E-state index in [0.29, 0.717) is 17.4 Å². The molecule has 2 N–H and O–H groups in total. The molecule has 0 spiro atoms. The second-order valence-corrected chi connectivity index (χ2v) is 6.24. The molecule has 1 aromatic carbocycles. The highest BCUT2D eigenvalue weighted by atomic mass is 16.1. The van der Waals surface area contributed by atoms with Gasteiger partial charge in [-0.05, 0) is 44.0 Å². The van der Waals surface area contributed by atoms with E-state index in [2.05, 4.69) is 53.2 Å². The summed E-state index contributed by atoms with van der Waals surface area (Å²) in [6.07, 6.45) is 3.07. The first-order chi connectivity index (χ1) is 12.0. The van der Waals surface area contributed by atoms with Gasteiger partial charge in [0.05, 0.1) is 5.56 Å². The first-order valence-electron chi connectivity index (χ1n) is 8.75. The highest BCUT2D eigenvalue weighted by Crippen LogP contribution is 2.18. The van der Waals surface area contributed by atoms with Gasteiger partial charge in [0.25, 0.3) is 5.91 Å². The number of benzene rings is 1. The van der Waals surface area contributed by atoms with Crippen molar-refractivity contribution in [3.63, 3.8) is 0 Å². The Balaban J connectivity index is 1.97. The molecule has 0 radical (unpaired) electrons. The highest BCUT2D eigenvalue weighted by Gasteiger charge is 2.09. The Kier molecular flexibility index (Phi) is 6.74. The Bertz CT molecular complexity index is 663. The summed E-state index contributed by atoms with van der Waals surface area (Å²) in [5, 5.41) is 6.00. The third kappa shape index (κ3) is 5.45. The van der Waals surface area contributed by atoms with Crippen molar-refractivity contribution in [1.29, 1.82) is 0 Å². The molecule has 0 fully saturated rings. The van der Waals surface area contributed by atoms with Gasteiger partial charge in [0, 0.05) is 43.4 Å². The maximum atomic E-state index is 12.3. The zero-order valence-electron chi connectivity index (χ0n) is 15.4. The van der Waals surface area contributed by atoms with E-state index < -0.39 is 0 Å². The van der Waals surface area contributed by atoms with Crippen LogP contribution in [0.5, 0.6) is 0 Å². The first-order valence-corrected chi connectivity index (χ1v) is 8.75. The summed E-state index contributed by atoms with van der Waals surface area (Å²) in [5.74, 6) is 0.825. The minimum absolute atomic E-state index is 0.217. The standard InChI is InChI=1S/C19H27N5O/c1-5-24(6-2)17-9-7-16(8-10-17)23-18(25)15-12-21-19(22-13-15)20-11-14(3)4/h7-10,12-14H,5-6,11H2,1-4H3,(H,23,25)(H,20,21,22). The molecule has 0 saturated heterocycles. The number of amides is 1. The summed E-state index contributed by atoms with van der Waals surface area (Å²) in [6.45, 7) is 11.2. The SMILES string of the molecule is CCN(CC)c1ccc(NC(=O)c2cnc(NCC(C)C)nc2)cc1. The maximum absolute atomic E-state index is 12.3. The molecule has 1 heterocycles. The van der Waals surface area contributed by atoms with Crippen LogP contribution < -0.4 is 15.5 Å². The third-order valence-electron chi connectivity index (χ3n) is 3.84. The number of nitrogens with zero attached hydrogens (tertiary/aromatic N) is 3.